The van der Waals surface area contributed by atoms with Crippen LogP contribution in [0.4, 0.5) is 0 Å². The lowest BCUT2D eigenvalue weighted by molar-refractivity contribution is 1.02. The van der Waals surface area contributed by atoms with E-state index in [1.165, 1.54) is 0 Å². The fourth-order valence-electron chi connectivity index (χ4n) is 0.227. The van der Waals surface area contributed by atoms with Crippen LogP contribution in [0.3, 0.4) is 0 Å². The summed E-state index contributed by atoms with van der Waals surface area (Å²) in [5, 5.41) is 6.83. The summed E-state index contributed by atoms with van der Waals surface area (Å²) >= 11 is 1.71. The first-order chi connectivity index (χ1) is 3.91. The van der Waals surface area contributed by atoms with E-state index in [9.17, 15) is 0 Å². The van der Waals surface area contributed by atoms with Gasteiger partial charge < -0.3 is 5.32 Å². The van der Waals surface area contributed by atoms with E-state index in [4.69, 9.17) is 0 Å². The molecule has 0 aliphatic carbocycles. The Morgan fingerprint density at radius 3 is 1.62 bits per heavy atom. The normalized spacial score (nSPS) is 7.25. The van der Waals surface area contributed by atoms with Gasteiger partial charge >= 0.3 is 0 Å². The van der Waals surface area contributed by atoms with Crippen molar-refractivity contribution in [3.63, 3.8) is 0 Å². The molecule has 0 aliphatic rings. The summed E-state index contributed by atoms with van der Waals surface area (Å²) in [7, 11) is 3.75. The highest BCUT2D eigenvalue weighted by molar-refractivity contribution is 7.07. The molecule has 0 fully saturated rings. The molecule has 0 unspecified atom stereocenters. The van der Waals surface area contributed by atoms with Crippen LogP contribution in [0, 0.1) is 0 Å². The van der Waals surface area contributed by atoms with Gasteiger partial charge in [-0.3, -0.25) is 0 Å². The average molecular weight is 129 g/mol. The predicted octanol–water partition coefficient (Wildman–Crippen LogP) is 1.58. The monoisotopic (exact) mass is 129 g/mol. The smallest absolute Gasteiger partial charge is 0.00934 e. The van der Waals surface area contributed by atoms with Crippen LogP contribution < -0.4 is 5.32 Å². The molecule has 0 saturated heterocycles. The fourth-order valence-corrected chi connectivity index (χ4v) is 0.680. The molecule has 0 aromatic carbocycles. The Morgan fingerprint density at radius 1 is 1.12 bits per heavy atom. The van der Waals surface area contributed by atoms with Gasteiger partial charge in [0, 0.05) is 0 Å². The Bertz CT molecular complexity index is 75.4. The first-order valence-corrected chi connectivity index (χ1v) is 3.41. The van der Waals surface area contributed by atoms with Gasteiger partial charge in [0.05, 0.1) is 0 Å². The van der Waals surface area contributed by atoms with E-state index in [0.717, 1.165) is 0 Å². The standard InChI is InChI=1S/C4H4S.C2H7N/c1-2-4-5-3-1;1-3-2/h1-4H;3H,1-2H3. The number of rotatable bonds is 0. The van der Waals surface area contributed by atoms with Crippen molar-refractivity contribution in [2.75, 3.05) is 14.1 Å². The van der Waals surface area contributed by atoms with Crippen molar-refractivity contribution in [1.29, 1.82) is 0 Å². The van der Waals surface area contributed by atoms with Gasteiger partial charge in [0.25, 0.3) is 0 Å². The van der Waals surface area contributed by atoms with E-state index in [-0.39, 0.29) is 0 Å². The van der Waals surface area contributed by atoms with Gasteiger partial charge in [-0.25, -0.2) is 0 Å². The largest absolute Gasteiger partial charge is 0.323 e. The minimum absolute atomic E-state index is 1.71. The van der Waals surface area contributed by atoms with Crippen LogP contribution >= 0.6 is 11.3 Å². The topological polar surface area (TPSA) is 12.0 Å². The summed E-state index contributed by atoms with van der Waals surface area (Å²) in [6, 6.07) is 4.04. The van der Waals surface area contributed by atoms with Gasteiger partial charge in [-0.1, -0.05) is 12.1 Å². The Hall–Kier alpha value is -0.340. The lowest BCUT2D eigenvalue weighted by Gasteiger charge is -1.59. The van der Waals surface area contributed by atoms with Crippen LogP contribution in [0.5, 0.6) is 0 Å². The van der Waals surface area contributed by atoms with Gasteiger partial charge in [-0.05, 0) is 24.9 Å². The van der Waals surface area contributed by atoms with E-state index in [0.29, 0.717) is 0 Å². The molecule has 0 atom stereocenters. The zero-order valence-electron chi connectivity index (χ0n) is 5.22. The summed E-state index contributed by atoms with van der Waals surface area (Å²) in [4.78, 5) is 0. The second kappa shape index (κ2) is 6.66. The molecule has 0 saturated carbocycles. The van der Waals surface area contributed by atoms with Crippen molar-refractivity contribution >= 4 is 11.3 Å². The molecular weight excluding hydrogens is 118 g/mol. The first-order valence-electron chi connectivity index (χ1n) is 2.47. The molecule has 1 N–H and O–H groups in total. The number of hydrogen-bond acceptors (Lipinski definition) is 2. The lowest BCUT2D eigenvalue weighted by Crippen LogP contribution is -1.89. The van der Waals surface area contributed by atoms with Crippen molar-refractivity contribution < 1.29 is 0 Å². The Balaban J connectivity index is 0.000000145. The van der Waals surface area contributed by atoms with E-state index in [1.54, 1.807) is 11.3 Å². The molecule has 1 heterocycles. The van der Waals surface area contributed by atoms with Gasteiger partial charge in [-0.15, -0.1) is 0 Å². The quantitative estimate of drug-likeness (QED) is 0.561. The van der Waals surface area contributed by atoms with Crippen LogP contribution in [0.15, 0.2) is 22.9 Å². The summed E-state index contributed by atoms with van der Waals surface area (Å²) in [6.45, 7) is 0. The van der Waals surface area contributed by atoms with Gasteiger partial charge in [0.2, 0.25) is 0 Å². The molecule has 46 valence electrons. The molecule has 1 aromatic heterocycles. The summed E-state index contributed by atoms with van der Waals surface area (Å²) in [5.74, 6) is 0. The van der Waals surface area contributed by atoms with Crippen LogP contribution in [-0.2, 0) is 0 Å². The molecule has 0 spiro atoms. The lowest BCUT2D eigenvalue weighted by atomic mass is 10.7. The zero-order chi connectivity index (χ0) is 6.24. The molecule has 0 bridgehead atoms. The van der Waals surface area contributed by atoms with Crippen molar-refractivity contribution in [2.24, 2.45) is 0 Å². The third kappa shape index (κ3) is 5.66. The van der Waals surface area contributed by atoms with E-state index in [2.05, 4.69) is 5.32 Å². The average Bonchev–Trinajstić information content (AvgIpc) is 2.17. The highest BCUT2D eigenvalue weighted by atomic mass is 32.1. The predicted molar refractivity (Wildman–Crippen MR) is 39.3 cm³/mol. The van der Waals surface area contributed by atoms with Crippen molar-refractivity contribution in [3.05, 3.63) is 22.9 Å². The molecule has 1 nitrogen and oxygen atoms in total. The maximum Gasteiger partial charge on any atom is -0.00934 e. The van der Waals surface area contributed by atoms with Crippen molar-refractivity contribution in [3.8, 4) is 0 Å². The van der Waals surface area contributed by atoms with Crippen LogP contribution in [0.1, 0.15) is 0 Å². The van der Waals surface area contributed by atoms with Gasteiger partial charge in [0.15, 0.2) is 0 Å². The minimum Gasteiger partial charge on any atom is -0.323 e. The third-order valence-corrected chi connectivity index (χ3v) is 1.05. The van der Waals surface area contributed by atoms with E-state index >= 15 is 0 Å². The summed E-state index contributed by atoms with van der Waals surface area (Å²) in [5.41, 5.74) is 0. The molecule has 0 radical (unpaired) electrons. The van der Waals surface area contributed by atoms with Crippen LogP contribution in [-0.4, -0.2) is 14.1 Å². The Morgan fingerprint density at radius 2 is 1.50 bits per heavy atom. The highest BCUT2D eigenvalue weighted by Crippen LogP contribution is 1.91. The second-order valence-corrected chi connectivity index (χ2v) is 2.11. The van der Waals surface area contributed by atoms with Gasteiger partial charge in [0.1, 0.15) is 0 Å². The maximum absolute atomic E-state index is 2.75. The Kier molecular flexibility index (Phi) is 6.38. The molecule has 8 heavy (non-hydrogen) atoms. The molecule has 0 amide bonds. The maximum atomic E-state index is 2.75. The summed E-state index contributed by atoms with van der Waals surface area (Å²) < 4.78 is 0. The van der Waals surface area contributed by atoms with Gasteiger partial charge in [-0.2, -0.15) is 11.3 Å². The minimum atomic E-state index is 1.71. The third-order valence-electron chi connectivity index (χ3n) is 0.425. The molecular formula is C6H11NS. The molecule has 2 heteroatoms. The van der Waals surface area contributed by atoms with Crippen LogP contribution in [0.2, 0.25) is 0 Å². The second-order valence-electron chi connectivity index (χ2n) is 1.29. The van der Waals surface area contributed by atoms with E-state index in [1.807, 2.05) is 37.0 Å². The van der Waals surface area contributed by atoms with Crippen molar-refractivity contribution in [2.45, 2.75) is 0 Å². The molecule has 1 rings (SSSR count). The highest BCUT2D eigenvalue weighted by Gasteiger charge is 1.58. The van der Waals surface area contributed by atoms with E-state index < -0.39 is 0 Å². The van der Waals surface area contributed by atoms with Crippen molar-refractivity contribution in [1.82, 2.24) is 5.32 Å². The zero-order valence-corrected chi connectivity index (χ0v) is 6.03. The molecule has 0 aliphatic heterocycles. The number of hydrogen-bond donors (Lipinski definition) is 1. The number of nitrogens with one attached hydrogen (secondary N) is 1. The number of thiophene rings is 1. The SMILES string of the molecule is CNC.c1ccsc1. The van der Waals surface area contributed by atoms with Crippen LogP contribution in [0.25, 0.3) is 0 Å². The fraction of sp³-hybridized carbons (Fsp3) is 0.333. The Labute approximate surface area is 54.4 Å². The first kappa shape index (κ1) is 7.66. The molecule has 1 aromatic rings. The summed E-state index contributed by atoms with van der Waals surface area (Å²) in [6.07, 6.45) is 0.